The number of aliphatic hydroxyl groups is 1. The first-order valence-electron chi connectivity index (χ1n) is 6.07. The quantitative estimate of drug-likeness (QED) is 0.902. The zero-order chi connectivity index (χ0) is 13.8. The van der Waals surface area contributed by atoms with Gasteiger partial charge in [0.15, 0.2) is 5.13 Å². The zero-order valence-electron chi connectivity index (χ0n) is 10.8. The van der Waals surface area contributed by atoms with Crippen molar-refractivity contribution in [2.24, 2.45) is 0 Å². The third-order valence-corrected chi connectivity index (χ3v) is 3.65. The maximum Gasteiger partial charge on any atom is 0.233 e. The van der Waals surface area contributed by atoms with E-state index in [1.54, 1.807) is 12.3 Å². The summed E-state index contributed by atoms with van der Waals surface area (Å²) in [4.78, 5) is 16.2. The van der Waals surface area contributed by atoms with Crippen molar-refractivity contribution in [1.82, 2.24) is 4.98 Å². The Morgan fingerprint density at radius 3 is 2.58 bits per heavy atom. The third kappa shape index (κ3) is 3.39. The summed E-state index contributed by atoms with van der Waals surface area (Å²) < 4.78 is 0. The fourth-order valence-electron chi connectivity index (χ4n) is 1.64. The number of nitrogens with zero attached hydrogens (tertiary/aromatic N) is 1. The highest BCUT2D eigenvalue weighted by atomic mass is 32.1. The molecule has 1 aromatic carbocycles. The van der Waals surface area contributed by atoms with Gasteiger partial charge >= 0.3 is 0 Å². The Hall–Kier alpha value is -1.72. The van der Waals surface area contributed by atoms with Crippen LogP contribution < -0.4 is 5.32 Å². The van der Waals surface area contributed by atoms with E-state index in [9.17, 15) is 9.90 Å². The summed E-state index contributed by atoms with van der Waals surface area (Å²) in [6.45, 7) is 3.50. The fourth-order valence-corrected chi connectivity index (χ4v) is 2.44. The molecule has 100 valence electrons. The standard InChI is InChI=1S/C14H16N2O2S/c1-9(11-6-4-3-5-7-11)13(18)16-14-15-12(8-19-14)10(2)17/h3-10,17H,1-2H3,(H,15,16,18). The van der Waals surface area contributed by atoms with E-state index in [0.717, 1.165) is 5.56 Å². The van der Waals surface area contributed by atoms with Gasteiger partial charge < -0.3 is 10.4 Å². The van der Waals surface area contributed by atoms with Crippen LogP contribution >= 0.6 is 11.3 Å². The van der Waals surface area contributed by atoms with Gasteiger partial charge in [-0.3, -0.25) is 4.79 Å². The summed E-state index contributed by atoms with van der Waals surface area (Å²) in [7, 11) is 0. The number of hydrogen-bond donors (Lipinski definition) is 2. The van der Waals surface area contributed by atoms with E-state index in [0.29, 0.717) is 10.8 Å². The van der Waals surface area contributed by atoms with Crippen LogP contribution in [0.15, 0.2) is 35.7 Å². The molecule has 0 aliphatic carbocycles. The molecule has 5 heteroatoms. The molecule has 4 nitrogen and oxygen atoms in total. The van der Waals surface area contributed by atoms with E-state index in [1.165, 1.54) is 11.3 Å². The highest BCUT2D eigenvalue weighted by Crippen LogP contribution is 2.22. The lowest BCUT2D eigenvalue weighted by molar-refractivity contribution is -0.117. The highest BCUT2D eigenvalue weighted by Gasteiger charge is 2.16. The molecule has 0 saturated heterocycles. The molecule has 0 saturated carbocycles. The molecule has 1 heterocycles. The smallest absolute Gasteiger partial charge is 0.233 e. The maximum atomic E-state index is 12.1. The van der Waals surface area contributed by atoms with Crippen molar-refractivity contribution < 1.29 is 9.90 Å². The summed E-state index contributed by atoms with van der Waals surface area (Å²) in [6, 6.07) is 9.59. The van der Waals surface area contributed by atoms with Crippen molar-refractivity contribution in [2.45, 2.75) is 25.9 Å². The topological polar surface area (TPSA) is 62.2 Å². The summed E-state index contributed by atoms with van der Waals surface area (Å²) in [5.41, 5.74) is 1.54. The average Bonchev–Trinajstić information content (AvgIpc) is 2.87. The van der Waals surface area contributed by atoms with Crippen LogP contribution in [0.25, 0.3) is 0 Å². The minimum Gasteiger partial charge on any atom is -0.387 e. The molecule has 2 rings (SSSR count). The molecule has 2 unspecified atom stereocenters. The molecule has 19 heavy (non-hydrogen) atoms. The number of thiazole rings is 1. The first kappa shape index (κ1) is 13.7. The lowest BCUT2D eigenvalue weighted by atomic mass is 10.0. The van der Waals surface area contributed by atoms with E-state index in [1.807, 2.05) is 37.3 Å². The van der Waals surface area contributed by atoms with E-state index in [4.69, 9.17) is 0 Å². The predicted molar refractivity (Wildman–Crippen MR) is 76.2 cm³/mol. The van der Waals surface area contributed by atoms with Gasteiger partial charge in [0.05, 0.1) is 17.7 Å². The van der Waals surface area contributed by atoms with Gasteiger partial charge in [-0.25, -0.2) is 4.98 Å². The molecule has 1 aromatic heterocycles. The van der Waals surface area contributed by atoms with Gasteiger partial charge in [0.25, 0.3) is 0 Å². The Kier molecular flexibility index (Phi) is 4.29. The molecular weight excluding hydrogens is 260 g/mol. The normalized spacial score (nSPS) is 13.8. The predicted octanol–water partition coefficient (Wildman–Crippen LogP) is 2.94. The van der Waals surface area contributed by atoms with Crippen molar-refractivity contribution in [3.63, 3.8) is 0 Å². The number of hydrogen-bond acceptors (Lipinski definition) is 4. The number of amides is 1. The van der Waals surface area contributed by atoms with Crippen LogP contribution in [0.1, 0.15) is 37.1 Å². The SMILES string of the molecule is CC(O)c1csc(NC(=O)C(C)c2ccccc2)n1. The highest BCUT2D eigenvalue weighted by molar-refractivity contribution is 7.13. The average molecular weight is 276 g/mol. The Balaban J connectivity index is 2.04. The Bertz CT molecular complexity index is 552. The second-order valence-electron chi connectivity index (χ2n) is 4.38. The van der Waals surface area contributed by atoms with Crippen molar-refractivity contribution in [1.29, 1.82) is 0 Å². The number of aromatic nitrogens is 1. The monoisotopic (exact) mass is 276 g/mol. The third-order valence-electron chi connectivity index (χ3n) is 2.87. The number of carbonyl (C=O) groups excluding carboxylic acids is 1. The van der Waals surface area contributed by atoms with Crippen LogP contribution in [0.4, 0.5) is 5.13 Å². The van der Waals surface area contributed by atoms with Crippen LogP contribution in [0.3, 0.4) is 0 Å². The number of rotatable bonds is 4. The Morgan fingerprint density at radius 2 is 2.00 bits per heavy atom. The zero-order valence-corrected chi connectivity index (χ0v) is 11.6. The van der Waals surface area contributed by atoms with E-state index in [2.05, 4.69) is 10.3 Å². The van der Waals surface area contributed by atoms with Gasteiger partial charge in [0.2, 0.25) is 5.91 Å². The van der Waals surface area contributed by atoms with Crippen molar-refractivity contribution in [3.8, 4) is 0 Å². The molecule has 2 aromatic rings. The number of anilines is 1. The molecule has 0 spiro atoms. The van der Waals surface area contributed by atoms with Gasteiger partial charge in [0, 0.05) is 5.38 Å². The van der Waals surface area contributed by atoms with Crippen LogP contribution in [0, 0.1) is 0 Å². The van der Waals surface area contributed by atoms with Gasteiger partial charge in [-0.1, -0.05) is 30.3 Å². The van der Waals surface area contributed by atoms with Crippen LogP contribution in [-0.4, -0.2) is 16.0 Å². The summed E-state index contributed by atoms with van der Waals surface area (Å²) >= 11 is 1.32. The first-order chi connectivity index (χ1) is 9.08. The van der Waals surface area contributed by atoms with Crippen LogP contribution in [0.2, 0.25) is 0 Å². The second-order valence-corrected chi connectivity index (χ2v) is 5.23. The number of nitrogens with one attached hydrogen (secondary N) is 1. The van der Waals surface area contributed by atoms with Gasteiger partial charge in [0.1, 0.15) is 0 Å². The van der Waals surface area contributed by atoms with Crippen LogP contribution in [-0.2, 0) is 4.79 Å². The molecule has 0 radical (unpaired) electrons. The molecule has 1 amide bonds. The lowest BCUT2D eigenvalue weighted by Crippen LogP contribution is -2.18. The number of benzene rings is 1. The lowest BCUT2D eigenvalue weighted by Gasteiger charge is -2.10. The Labute approximate surface area is 116 Å². The van der Waals surface area contributed by atoms with Crippen molar-refractivity contribution in [2.75, 3.05) is 5.32 Å². The minimum atomic E-state index is -0.617. The molecular formula is C14H16N2O2S. The number of carbonyl (C=O) groups is 1. The van der Waals surface area contributed by atoms with Gasteiger partial charge in [-0.2, -0.15) is 0 Å². The summed E-state index contributed by atoms with van der Waals surface area (Å²) in [5, 5.41) is 14.4. The summed E-state index contributed by atoms with van der Waals surface area (Å²) in [6.07, 6.45) is -0.617. The molecule has 0 aliphatic rings. The summed E-state index contributed by atoms with van der Waals surface area (Å²) in [5.74, 6) is -0.335. The van der Waals surface area contributed by atoms with Crippen molar-refractivity contribution in [3.05, 3.63) is 47.0 Å². The first-order valence-corrected chi connectivity index (χ1v) is 6.95. The molecule has 0 aliphatic heterocycles. The van der Waals surface area contributed by atoms with Crippen LogP contribution in [0.5, 0.6) is 0 Å². The number of aliphatic hydroxyl groups excluding tert-OH is 1. The largest absolute Gasteiger partial charge is 0.387 e. The molecule has 2 N–H and O–H groups in total. The van der Waals surface area contributed by atoms with Gasteiger partial charge in [-0.05, 0) is 19.4 Å². The van der Waals surface area contributed by atoms with Crippen molar-refractivity contribution >= 4 is 22.4 Å². The van der Waals surface area contributed by atoms with E-state index >= 15 is 0 Å². The fraction of sp³-hybridized carbons (Fsp3) is 0.286. The maximum absolute atomic E-state index is 12.1. The molecule has 0 bridgehead atoms. The molecule has 2 atom stereocenters. The molecule has 0 fully saturated rings. The Morgan fingerprint density at radius 1 is 1.32 bits per heavy atom. The van der Waals surface area contributed by atoms with E-state index < -0.39 is 6.10 Å². The minimum absolute atomic E-state index is 0.0994. The second kappa shape index (κ2) is 5.95. The van der Waals surface area contributed by atoms with E-state index in [-0.39, 0.29) is 11.8 Å². The van der Waals surface area contributed by atoms with Gasteiger partial charge in [-0.15, -0.1) is 11.3 Å².